The van der Waals surface area contributed by atoms with Gasteiger partial charge in [0, 0.05) is 16.9 Å². The summed E-state index contributed by atoms with van der Waals surface area (Å²) in [4.78, 5) is 17.0. The maximum atomic E-state index is 12.6. The minimum Gasteiger partial charge on any atom is -0.508 e. The topological polar surface area (TPSA) is 70.4 Å². The van der Waals surface area contributed by atoms with Crippen LogP contribution in [-0.4, -0.2) is 21.1 Å². The monoisotopic (exact) mass is 341 g/mol. The first-order chi connectivity index (χ1) is 11.5. The lowest BCUT2D eigenvalue weighted by atomic mass is 10.2. The van der Waals surface area contributed by atoms with E-state index in [1.807, 2.05) is 13.8 Å². The number of phenolic OH excluding ortho intramolecular Hbond substituents is 1. The molecule has 3 rings (SSSR count). The van der Waals surface area contributed by atoms with Gasteiger partial charge in [-0.3, -0.25) is 14.9 Å². The van der Waals surface area contributed by atoms with E-state index in [9.17, 15) is 9.90 Å². The standard InChI is InChI=1S/C18H16ClN3O2/c1-11-8-15(23)6-7-17(11)20-10-16-12(2)21-22(18(16)24)14-5-3-4-13(19)9-14/h3-10,21,23H,1-2H3. The van der Waals surface area contributed by atoms with E-state index in [4.69, 9.17) is 11.6 Å². The third kappa shape index (κ3) is 3.12. The molecule has 0 spiro atoms. The number of hydrogen-bond donors (Lipinski definition) is 2. The Morgan fingerprint density at radius 3 is 2.71 bits per heavy atom. The predicted octanol–water partition coefficient (Wildman–Crippen LogP) is 3.89. The Bertz CT molecular complexity index is 986. The van der Waals surface area contributed by atoms with Crippen molar-refractivity contribution in [2.24, 2.45) is 4.99 Å². The van der Waals surface area contributed by atoms with Crippen LogP contribution in [0, 0.1) is 13.8 Å². The van der Waals surface area contributed by atoms with Crippen molar-refractivity contribution in [3.8, 4) is 11.4 Å². The number of rotatable bonds is 3. The Labute approximate surface area is 143 Å². The van der Waals surface area contributed by atoms with Crippen LogP contribution in [0.25, 0.3) is 5.69 Å². The molecule has 0 atom stereocenters. The van der Waals surface area contributed by atoms with Gasteiger partial charge in [0.15, 0.2) is 0 Å². The van der Waals surface area contributed by atoms with Crippen LogP contribution in [0.15, 0.2) is 52.3 Å². The number of phenols is 1. The zero-order valence-corrected chi connectivity index (χ0v) is 14.0. The molecule has 0 saturated heterocycles. The van der Waals surface area contributed by atoms with E-state index < -0.39 is 0 Å². The lowest BCUT2D eigenvalue weighted by Gasteiger charge is -2.01. The molecule has 0 aliphatic rings. The van der Waals surface area contributed by atoms with E-state index in [1.54, 1.807) is 42.5 Å². The summed E-state index contributed by atoms with van der Waals surface area (Å²) >= 11 is 5.99. The second-order valence-corrected chi connectivity index (χ2v) is 5.94. The Hall–Kier alpha value is -2.79. The molecule has 0 aliphatic carbocycles. The lowest BCUT2D eigenvalue weighted by Crippen LogP contribution is -2.17. The first-order valence-corrected chi connectivity index (χ1v) is 7.75. The summed E-state index contributed by atoms with van der Waals surface area (Å²) in [5.74, 6) is 0.188. The average Bonchev–Trinajstić information content (AvgIpc) is 2.81. The summed E-state index contributed by atoms with van der Waals surface area (Å²) < 4.78 is 1.44. The van der Waals surface area contributed by atoms with Crippen LogP contribution < -0.4 is 5.56 Å². The number of nitrogens with zero attached hydrogens (tertiary/aromatic N) is 2. The van der Waals surface area contributed by atoms with Gasteiger partial charge in [-0.2, -0.15) is 0 Å². The second kappa shape index (κ2) is 6.37. The molecule has 3 aromatic rings. The molecule has 5 nitrogen and oxygen atoms in total. The van der Waals surface area contributed by atoms with Gasteiger partial charge in [-0.1, -0.05) is 17.7 Å². The first-order valence-electron chi connectivity index (χ1n) is 7.37. The van der Waals surface area contributed by atoms with Crippen molar-refractivity contribution in [1.82, 2.24) is 9.78 Å². The van der Waals surface area contributed by atoms with Crippen LogP contribution in [0.3, 0.4) is 0 Å². The second-order valence-electron chi connectivity index (χ2n) is 5.50. The summed E-state index contributed by atoms with van der Waals surface area (Å²) in [5, 5.41) is 13.0. The molecule has 1 heterocycles. The minimum absolute atomic E-state index is 0.188. The van der Waals surface area contributed by atoms with Gasteiger partial charge in [0.25, 0.3) is 5.56 Å². The fourth-order valence-corrected chi connectivity index (χ4v) is 2.61. The molecule has 1 aromatic heterocycles. The highest BCUT2D eigenvalue weighted by Gasteiger charge is 2.11. The number of aliphatic imine (C=N–C) groups is 1. The quantitative estimate of drug-likeness (QED) is 0.709. The Kier molecular flexibility index (Phi) is 4.27. The molecule has 0 fully saturated rings. The molecule has 122 valence electrons. The number of halogens is 1. The molecule has 0 amide bonds. The fourth-order valence-electron chi connectivity index (χ4n) is 2.43. The Balaban J connectivity index is 2.01. The van der Waals surface area contributed by atoms with E-state index in [0.717, 1.165) is 5.56 Å². The van der Waals surface area contributed by atoms with Crippen molar-refractivity contribution in [2.75, 3.05) is 0 Å². The predicted molar refractivity (Wildman–Crippen MR) is 96.2 cm³/mol. The van der Waals surface area contributed by atoms with Crippen LogP contribution in [0.5, 0.6) is 5.75 Å². The third-order valence-corrected chi connectivity index (χ3v) is 3.93. The van der Waals surface area contributed by atoms with Crippen molar-refractivity contribution in [1.29, 1.82) is 0 Å². The molecular formula is C18H16ClN3O2. The molecule has 24 heavy (non-hydrogen) atoms. The van der Waals surface area contributed by atoms with Crippen molar-refractivity contribution < 1.29 is 5.11 Å². The van der Waals surface area contributed by atoms with Gasteiger partial charge in [0.1, 0.15) is 5.75 Å². The van der Waals surface area contributed by atoms with Gasteiger partial charge >= 0.3 is 0 Å². The normalized spacial score (nSPS) is 11.3. The molecule has 2 N–H and O–H groups in total. The van der Waals surface area contributed by atoms with Gasteiger partial charge in [-0.15, -0.1) is 0 Å². The third-order valence-electron chi connectivity index (χ3n) is 3.70. The average molecular weight is 342 g/mol. The zero-order valence-electron chi connectivity index (χ0n) is 13.2. The van der Waals surface area contributed by atoms with Crippen LogP contribution in [-0.2, 0) is 0 Å². The number of aryl methyl sites for hydroxylation is 2. The summed E-state index contributed by atoms with van der Waals surface area (Å²) in [6, 6.07) is 11.9. The van der Waals surface area contributed by atoms with Gasteiger partial charge in [0.05, 0.1) is 16.9 Å². The summed E-state index contributed by atoms with van der Waals surface area (Å²) in [6.45, 7) is 3.66. The number of hydrogen-bond acceptors (Lipinski definition) is 3. The van der Waals surface area contributed by atoms with Gasteiger partial charge in [0.2, 0.25) is 0 Å². The summed E-state index contributed by atoms with van der Waals surface area (Å²) in [7, 11) is 0. The number of nitrogens with one attached hydrogen (secondary N) is 1. The molecule has 0 bridgehead atoms. The van der Waals surface area contributed by atoms with Crippen molar-refractivity contribution in [3.05, 3.63) is 74.7 Å². The largest absolute Gasteiger partial charge is 0.508 e. The molecule has 0 aliphatic heterocycles. The zero-order chi connectivity index (χ0) is 17.3. The van der Waals surface area contributed by atoms with Crippen LogP contribution in [0.2, 0.25) is 5.02 Å². The Morgan fingerprint density at radius 2 is 2.00 bits per heavy atom. The van der Waals surface area contributed by atoms with Crippen molar-refractivity contribution in [2.45, 2.75) is 13.8 Å². The van der Waals surface area contributed by atoms with Crippen LogP contribution in [0.4, 0.5) is 5.69 Å². The van der Waals surface area contributed by atoms with E-state index in [2.05, 4.69) is 10.1 Å². The lowest BCUT2D eigenvalue weighted by molar-refractivity contribution is 0.475. The molecular weight excluding hydrogens is 326 g/mol. The van der Waals surface area contributed by atoms with Gasteiger partial charge < -0.3 is 5.11 Å². The highest BCUT2D eigenvalue weighted by molar-refractivity contribution is 6.30. The van der Waals surface area contributed by atoms with E-state index in [0.29, 0.717) is 27.7 Å². The highest BCUT2D eigenvalue weighted by Crippen LogP contribution is 2.22. The number of aromatic nitrogens is 2. The van der Waals surface area contributed by atoms with Crippen molar-refractivity contribution >= 4 is 23.5 Å². The number of aromatic amines is 1. The smallest absolute Gasteiger partial charge is 0.280 e. The number of benzene rings is 2. The maximum absolute atomic E-state index is 12.6. The van der Waals surface area contributed by atoms with E-state index in [1.165, 1.54) is 10.9 Å². The molecule has 0 saturated carbocycles. The van der Waals surface area contributed by atoms with Crippen LogP contribution in [0.1, 0.15) is 16.8 Å². The number of H-pyrrole nitrogens is 1. The maximum Gasteiger partial charge on any atom is 0.280 e. The molecule has 0 unspecified atom stereocenters. The first kappa shape index (κ1) is 16.1. The molecule has 0 radical (unpaired) electrons. The summed E-state index contributed by atoms with van der Waals surface area (Å²) in [5.41, 5.74) is 3.17. The van der Waals surface area contributed by atoms with Crippen LogP contribution >= 0.6 is 11.6 Å². The SMILES string of the molecule is Cc1cc(O)ccc1N=Cc1c(C)[nH]n(-c2cccc(Cl)c2)c1=O. The van der Waals surface area contributed by atoms with Crippen molar-refractivity contribution in [3.63, 3.8) is 0 Å². The summed E-state index contributed by atoms with van der Waals surface area (Å²) in [6.07, 6.45) is 1.54. The van der Waals surface area contributed by atoms with Gasteiger partial charge in [-0.05, 0) is 55.8 Å². The molecule has 6 heteroatoms. The molecule has 2 aromatic carbocycles. The van der Waals surface area contributed by atoms with E-state index in [-0.39, 0.29) is 11.3 Å². The highest BCUT2D eigenvalue weighted by atomic mass is 35.5. The number of aromatic hydroxyl groups is 1. The fraction of sp³-hybridized carbons (Fsp3) is 0.111. The van der Waals surface area contributed by atoms with Gasteiger partial charge in [-0.25, -0.2) is 4.68 Å². The Morgan fingerprint density at radius 1 is 1.21 bits per heavy atom. The minimum atomic E-state index is -0.199. The van der Waals surface area contributed by atoms with E-state index >= 15 is 0 Å².